The summed E-state index contributed by atoms with van der Waals surface area (Å²) in [4.78, 5) is 0. The van der Waals surface area contributed by atoms with Gasteiger partial charge in [0, 0.05) is 6.54 Å². The first-order valence-corrected chi connectivity index (χ1v) is 4.29. The minimum Gasteiger partial charge on any atom is -0.313 e. The van der Waals surface area contributed by atoms with Crippen LogP contribution in [0.5, 0.6) is 0 Å². The van der Waals surface area contributed by atoms with E-state index in [-0.39, 0.29) is 0 Å². The lowest BCUT2D eigenvalue weighted by Crippen LogP contribution is -2.24. The van der Waals surface area contributed by atoms with E-state index in [1.165, 1.54) is 25.8 Å². The van der Waals surface area contributed by atoms with E-state index in [1.54, 1.807) is 11.1 Å². The molecule has 10 heavy (non-hydrogen) atoms. The minimum absolute atomic E-state index is 1.14. The molecule has 0 aromatic rings. The van der Waals surface area contributed by atoms with Crippen molar-refractivity contribution in [3.05, 3.63) is 11.1 Å². The van der Waals surface area contributed by atoms with Crippen LogP contribution in [0.3, 0.4) is 0 Å². The molecule has 0 unspecified atom stereocenters. The molecule has 1 nitrogen and oxygen atoms in total. The first-order valence-electron chi connectivity index (χ1n) is 4.29. The van der Waals surface area contributed by atoms with Gasteiger partial charge in [0.1, 0.15) is 0 Å². The van der Waals surface area contributed by atoms with Gasteiger partial charge in [-0.25, -0.2) is 0 Å². The van der Waals surface area contributed by atoms with Gasteiger partial charge in [0.2, 0.25) is 0 Å². The average Bonchev–Trinajstić information content (AvgIpc) is 2.04. The molecule has 0 saturated carbocycles. The fourth-order valence-electron chi connectivity index (χ4n) is 1.58. The molecular weight excluding hydrogens is 122 g/mol. The topological polar surface area (TPSA) is 12.0 Å². The molecule has 1 heterocycles. The largest absolute Gasteiger partial charge is 0.313 e. The molecule has 0 amide bonds. The van der Waals surface area contributed by atoms with Gasteiger partial charge in [0.25, 0.3) is 0 Å². The maximum atomic E-state index is 3.39. The average molecular weight is 139 g/mol. The summed E-state index contributed by atoms with van der Waals surface area (Å²) in [7, 11) is 0. The first kappa shape index (κ1) is 7.80. The number of hydrogen-bond donors (Lipinski definition) is 1. The Morgan fingerprint density at radius 2 is 1.90 bits per heavy atom. The van der Waals surface area contributed by atoms with Gasteiger partial charge in [0.05, 0.1) is 0 Å². The van der Waals surface area contributed by atoms with Crippen molar-refractivity contribution in [1.29, 1.82) is 0 Å². The fraction of sp³-hybridized carbons (Fsp3) is 0.778. The molecule has 0 radical (unpaired) electrons. The van der Waals surface area contributed by atoms with Gasteiger partial charge >= 0.3 is 0 Å². The molecule has 0 spiro atoms. The van der Waals surface area contributed by atoms with E-state index < -0.39 is 0 Å². The minimum atomic E-state index is 1.14. The monoisotopic (exact) mass is 139 g/mol. The van der Waals surface area contributed by atoms with Crippen molar-refractivity contribution in [3.63, 3.8) is 0 Å². The molecule has 1 aliphatic heterocycles. The molecule has 0 fully saturated rings. The van der Waals surface area contributed by atoms with E-state index in [0.29, 0.717) is 0 Å². The third kappa shape index (κ3) is 1.60. The number of rotatable bonds is 2. The summed E-state index contributed by atoms with van der Waals surface area (Å²) < 4.78 is 0. The molecule has 1 rings (SSSR count). The first-order chi connectivity index (χ1) is 4.88. The Morgan fingerprint density at radius 3 is 2.40 bits per heavy atom. The van der Waals surface area contributed by atoms with Gasteiger partial charge in [-0.05, 0) is 25.8 Å². The second kappa shape index (κ2) is 3.77. The quantitative estimate of drug-likeness (QED) is 0.578. The Kier molecular flexibility index (Phi) is 2.94. The summed E-state index contributed by atoms with van der Waals surface area (Å²) >= 11 is 0. The van der Waals surface area contributed by atoms with Gasteiger partial charge < -0.3 is 5.32 Å². The van der Waals surface area contributed by atoms with Crippen molar-refractivity contribution in [2.75, 3.05) is 13.1 Å². The van der Waals surface area contributed by atoms with E-state index >= 15 is 0 Å². The van der Waals surface area contributed by atoms with E-state index in [0.717, 1.165) is 6.54 Å². The molecule has 0 aliphatic carbocycles. The maximum Gasteiger partial charge on any atom is 0.0167 e. The van der Waals surface area contributed by atoms with E-state index in [2.05, 4.69) is 19.2 Å². The summed E-state index contributed by atoms with van der Waals surface area (Å²) in [5.74, 6) is 0. The van der Waals surface area contributed by atoms with Crippen LogP contribution in [0.1, 0.15) is 33.1 Å². The Labute approximate surface area is 63.5 Å². The van der Waals surface area contributed by atoms with E-state index in [4.69, 9.17) is 0 Å². The van der Waals surface area contributed by atoms with Crippen molar-refractivity contribution < 1.29 is 0 Å². The zero-order chi connectivity index (χ0) is 7.40. The Hall–Kier alpha value is -0.300. The highest BCUT2D eigenvalue weighted by Crippen LogP contribution is 2.17. The smallest absolute Gasteiger partial charge is 0.0167 e. The zero-order valence-corrected chi connectivity index (χ0v) is 7.04. The van der Waals surface area contributed by atoms with Crippen LogP contribution in [0.15, 0.2) is 11.1 Å². The van der Waals surface area contributed by atoms with Gasteiger partial charge in [-0.2, -0.15) is 0 Å². The van der Waals surface area contributed by atoms with E-state index in [1.807, 2.05) is 0 Å². The van der Waals surface area contributed by atoms with Crippen LogP contribution in [-0.4, -0.2) is 13.1 Å². The highest BCUT2D eigenvalue weighted by atomic mass is 14.9. The molecule has 0 saturated heterocycles. The van der Waals surface area contributed by atoms with Crippen LogP contribution in [0.2, 0.25) is 0 Å². The molecule has 1 heteroatoms. The van der Waals surface area contributed by atoms with Crippen LogP contribution < -0.4 is 5.32 Å². The maximum absolute atomic E-state index is 3.39. The summed E-state index contributed by atoms with van der Waals surface area (Å²) in [5, 5.41) is 3.39. The Bertz CT molecular complexity index is 120. The van der Waals surface area contributed by atoms with Crippen molar-refractivity contribution in [2.45, 2.75) is 33.1 Å². The molecule has 1 aliphatic rings. The molecular formula is C9H17N. The second-order valence-electron chi connectivity index (χ2n) is 2.84. The van der Waals surface area contributed by atoms with Crippen molar-refractivity contribution in [1.82, 2.24) is 5.32 Å². The third-order valence-electron chi connectivity index (χ3n) is 2.30. The van der Waals surface area contributed by atoms with Crippen LogP contribution in [0.25, 0.3) is 0 Å². The summed E-state index contributed by atoms with van der Waals surface area (Å²) in [6.07, 6.45) is 3.76. The Balaban J connectivity index is 2.63. The van der Waals surface area contributed by atoms with Crippen molar-refractivity contribution in [2.24, 2.45) is 0 Å². The van der Waals surface area contributed by atoms with Crippen molar-refractivity contribution >= 4 is 0 Å². The summed E-state index contributed by atoms with van der Waals surface area (Å²) in [5.41, 5.74) is 3.34. The SMILES string of the molecule is CCC1=C(CC)CNCC1. The highest BCUT2D eigenvalue weighted by molar-refractivity contribution is 5.17. The Morgan fingerprint density at radius 1 is 1.20 bits per heavy atom. The number of hydrogen-bond acceptors (Lipinski definition) is 1. The van der Waals surface area contributed by atoms with Gasteiger partial charge in [-0.15, -0.1) is 0 Å². The van der Waals surface area contributed by atoms with Gasteiger partial charge in [0.15, 0.2) is 0 Å². The highest BCUT2D eigenvalue weighted by Gasteiger charge is 2.07. The molecule has 58 valence electrons. The van der Waals surface area contributed by atoms with Crippen LogP contribution in [0.4, 0.5) is 0 Å². The summed E-state index contributed by atoms with van der Waals surface area (Å²) in [6.45, 7) is 6.83. The van der Waals surface area contributed by atoms with Crippen molar-refractivity contribution in [3.8, 4) is 0 Å². The van der Waals surface area contributed by atoms with Crippen LogP contribution >= 0.6 is 0 Å². The zero-order valence-electron chi connectivity index (χ0n) is 7.04. The lowest BCUT2D eigenvalue weighted by Gasteiger charge is -2.19. The normalized spacial score (nSPS) is 19.8. The molecule has 0 aromatic heterocycles. The predicted molar refractivity (Wildman–Crippen MR) is 45.1 cm³/mol. The van der Waals surface area contributed by atoms with Gasteiger partial charge in [-0.3, -0.25) is 0 Å². The predicted octanol–water partition coefficient (Wildman–Crippen LogP) is 2.10. The molecule has 0 atom stereocenters. The van der Waals surface area contributed by atoms with Crippen LogP contribution in [-0.2, 0) is 0 Å². The van der Waals surface area contributed by atoms with E-state index in [9.17, 15) is 0 Å². The molecule has 0 aromatic carbocycles. The third-order valence-corrected chi connectivity index (χ3v) is 2.30. The lowest BCUT2D eigenvalue weighted by atomic mass is 9.97. The van der Waals surface area contributed by atoms with Crippen LogP contribution in [0, 0.1) is 0 Å². The number of nitrogens with one attached hydrogen (secondary N) is 1. The fourth-order valence-corrected chi connectivity index (χ4v) is 1.58. The van der Waals surface area contributed by atoms with Gasteiger partial charge in [-0.1, -0.05) is 25.0 Å². The summed E-state index contributed by atoms with van der Waals surface area (Å²) in [6, 6.07) is 0. The second-order valence-corrected chi connectivity index (χ2v) is 2.84. The lowest BCUT2D eigenvalue weighted by molar-refractivity contribution is 0.646. The standard InChI is InChI=1S/C9H17N/c1-3-8-5-6-10-7-9(8)4-2/h10H,3-7H2,1-2H3. The molecule has 1 N–H and O–H groups in total. The molecule has 0 bridgehead atoms.